The summed E-state index contributed by atoms with van der Waals surface area (Å²) < 4.78 is 16.2. The third-order valence-electron chi connectivity index (χ3n) is 4.10. The number of rotatable bonds is 5. The maximum Gasteiger partial charge on any atom is 0.165 e. The summed E-state index contributed by atoms with van der Waals surface area (Å²) in [6.45, 7) is 6.91. The van der Waals surface area contributed by atoms with Gasteiger partial charge in [-0.05, 0) is 38.0 Å². The summed E-state index contributed by atoms with van der Waals surface area (Å²) in [4.78, 5) is 8.56. The number of anilines is 2. The van der Waals surface area contributed by atoms with Crippen molar-refractivity contribution in [3.8, 4) is 0 Å². The highest BCUT2D eigenvalue weighted by Gasteiger charge is 2.13. The van der Waals surface area contributed by atoms with E-state index in [0.29, 0.717) is 11.3 Å². The molecule has 0 saturated heterocycles. The van der Waals surface area contributed by atoms with E-state index in [1.807, 2.05) is 36.7 Å². The van der Waals surface area contributed by atoms with Gasteiger partial charge in [0.2, 0.25) is 0 Å². The number of aromatic nitrogens is 3. The molecule has 0 spiro atoms. The molecule has 0 aliphatic heterocycles. The van der Waals surface area contributed by atoms with E-state index in [1.165, 1.54) is 6.20 Å². The lowest BCUT2D eigenvalue weighted by molar-refractivity contribution is 0.603. The molecule has 0 aliphatic rings. The zero-order valence-electron chi connectivity index (χ0n) is 13.7. The summed E-state index contributed by atoms with van der Waals surface area (Å²) in [5, 5.41) is 4.12. The van der Waals surface area contributed by atoms with E-state index in [2.05, 4.69) is 22.2 Å². The van der Waals surface area contributed by atoms with E-state index in [4.69, 9.17) is 0 Å². The highest BCUT2D eigenvalue weighted by Crippen LogP contribution is 2.29. The second-order valence-corrected chi connectivity index (χ2v) is 5.79. The molecule has 0 fully saturated rings. The third kappa shape index (κ3) is 2.91. The Morgan fingerprint density at radius 3 is 2.78 bits per heavy atom. The van der Waals surface area contributed by atoms with Gasteiger partial charge in [0.1, 0.15) is 5.82 Å². The van der Waals surface area contributed by atoms with Gasteiger partial charge in [0.05, 0.1) is 23.1 Å². The number of pyridine rings is 2. The van der Waals surface area contributed by atoms with Crippen LogP contribution in [-0.4, -0.2) is 14.5 Å². The Morgan fingerprint density at radius 1 is 1.22 bits per heavy atom. The monoisotopic (exact) mass is 312 g/mol. The van der Waals surface area contributed by atoms with Crippen LogP contribution in [0.3, 0.4) is 0 Å². The number of unbranched alkanes of at least 4 members (excludes halogenated alkanes) is 1. The van der Waals surface area contributed by atoms with Gasteiger partial charge in [-0.2, -0.15) is 0 Å². The lowest BCUT2D eigenvalue weighted by atomic mass is 10.2. The van der Waals surface area contributed by atoms with Crippen molar-refractivity contribution in [3.05, 3.63) is 47.8 Å². The zero-order chi connectivity index (χ0) is 16.4. The van der Waals surface area contributed by atoms with Crippen LogP contribution in [-0.2, 0) is 6.54 Å². The Labute approximate surface area is 135 Å². The predicted molar refractivity (Wildman–Crippen MR) is 91.6 cm³/mol. The fraction of sp³-hybridized carbons (Fsp3) is 0.333. The first-order valence-corrected chi connectivity index (χ1v) is 7.94. The number of hydrogen-bond acceptors (Lipinski definition) is 3. The Morgan fingerprint density at radius 2 is 2.04 bits per heavy atom. The smallest absolute Gasteiger partial charge is 0.165 e. The molecule has 0 saturated carbocycles. The largest absolute Gasteiger partial charge is 0.345 e. The average molecular weight is 312 g/mol. The molecule has 0 aliphatic carbocycles. The fourth-order valence-electron chi connectivity index (χ4n) is 2.80. The van der Waals surface area contributed by atoms with Gasteiger partial charge in [0.15, 0.2) is 5.82 Å². The van der Waals surface area contributed by atoms with Crippen LogP contribution < -0.4 is 5.32 Å². The summed E-state index contributed by atoms with van der Waals surface area (Å²) in [5.74, 6) is 0.377. The quantitative estimate of drug-likeness (QED) is 0.740. The van der Waals surface area contributed by atoms with Crippen molar-refractivity contribution in [1.29, 1.82) is 0 Å². The number of nitrogens with one attached hydrogen (secondary N) is 1. The van der Waals surface area contributed by atoms with Crippen molar-refractivity contribution in [1.82, 2.24) is 14.5 Å². The van der Waals surface area contributed by atoms with Gasteiger partial charge in [-0.25, -0.2) is 9.37 Å². The molecule has 1 N–H and O–H groups in total. The van der Waals surface area contributed by atoms with Crippen molar-refractivity contribution in [2.24, 2.45) is 0 Å². The molecule has 3 rings (SSSR count). The number of fused-ring (bicyclic) bond motifs is 1. The second kappa shape index (κ2) is 6.36. The van der Waals surface area contributed by atoms with Crippen molar-refractivity contribution < 1.29 is 4.39 Å². The van der Waals surface area contributed by atoms with Gasteiger partial charge >= 0.3 is 0 Å². The van der Waals surface area contributed by atoms with Crippen LogP contribution >= 0.6 is 0 Å². The Kier molecular flexibility index (Phi) is 4.28. The maximum absolute atomic E-state index is 14.3. The fourth-order valence-corrected chi connectivity index (χ4v) is 2.80. The first kappa shape index (κ1) is 15.5. The van der Waals surface area contributed by atoms with Gasteiger partial charge in [-0.15, -0.1) is 0 Å². The predicted octanol–water partition coefficient (Wildman–Crippen LogP) is 4.73. The molecule has 0 atom stereocenters. The third-order valence-corrected chi connectivity index (χ3v) is 4.10. The number of aryl methyl sites for hydroxylation is 3. The molecule has 4 nitrogen and oxygen atoms in total. The van der Waals surface area contributed by atoms with Crippen molar-refractivity contribution in [2.75, 3.05) is 5.32 Å². The topological polar surface area (TPSA) is 42.7 Å². The Balaban J connectivity index is 2.05. The van der Waals surface area contributed by atoms with Crippen molar-refractivity contribution in [2.45, 2.75) is 40.2 Å². The summed E-state index contributed by atoms with van der Waals surface area (Å²) >= 11 is 0. The summed E-state index contributed by atoms with van der Waals surface area (Å²) in [7, 11) is 0. The maximum atomic E-state index is 14.3. The number of nitrogens with zero attached hydrogens (tertiary/aromatic N) is 3. The molecule has 0 aromatic carbocycles. The molecule has 0 bridgehead atoms. The first-order valence-electron chi connectivity index (χ1n) is 7.94. The van der Waals surface area contributed by atoms with Gasteiger partial charge < -0.3 is 9.88 Å². The SMILES string of the molecule is CCCCn1ccc2c(Nc3c(C)ccnc3C)ncc(F)c21. The standard InChI is InChI=1S/C18H21FN4/c1-4-5-9-23-10-7-14-17(23)15(19)11-21-18(14)22-16-12(2)6-8-20-13(16)3/h6-8,10-11H,4-5,9H2,1-3H3,(H,21,22). The van der Waals surface area contributed by atoms with Crippen LogP contribution in [0.5, 0.6) is 0 Å². The van der Waals surface area contributed by atoms with E-state index in [1.54, 1.807) is 6.20 Å². The minimum Gasteiger partial charge on any atom is -0.345 e. The zero-order valence-corrected chi connectivity index (χ0v) is 13.7. The Bertz CT molecular complexity index is 818. The highest BCUT2D eigenvalue weighted by atomic mass is 19.1. The second-order valence-electron chi connectivity index (χ2n) is 5.79. The van der Waals surface area contributed by atoms with Crippen LogP contribution in [0.1, 0.15) is 31.0 Å². The van der Waals surface area contributed by atoms with Gasteiger partial charge in [0, 0.05) is 24.3 Å². The van der Waals surface area contributed by atoms with Crippen LogP contribution in [0, 0.1) is 19.7 Å². The molecule has 120 valence electrons. The first-order chi connectivity index (χ1) is 11.1. The average Bonchev–Trinajstić information content (AvgIpc) is 2.96. The summed E-state index contributed by atoms with van der Waals surface area (Å²) in [6, 6.07) is 3.87. The van der Waals surface area contributed by atoms with Gasteiger partial charge in [-0.1, -0.05) is 13.3 Å². The summed E-state index contributed by atoms with van der Waals surface area (Å²) in [6.07, 6.45) is 7.10. The van der Waals surface area contributed by atoms with Crippen molar-refractivity contribution in [3.63, 3.8) is 0 Å². The van der Waals surface area contributed by atoms with E-state index in [0.717, 1.165) is 41.7 Å². The highest BCUT2D eigenvalue weighted by molar-refractivity contribution is 5.92. The van der Waals surface area contributed by atoms with E-state index in [9.17, 15) is 4.39 Å². The van der Waals surface area contributed by atoms with E-state index >= 15 is 0 Å². The molecule has 3 heterocycles. The molecular formula is C18H21FN4. The molecular weight excluding hydrogens is 291 g/mol. The molecule has 3 aromatic heterocycles. The minimum absolute atomic E-state index is 0.286. The molecule has 0 unspecified atom stereocenters. The summed E-state index contributed by atoms with van der Waals surface area (Å²) in [5.41, 5.74) is 3.52. The van der Waals surface area contributed by atoms with Crippen LogP contribution in [0.4, 0.5) is 15.9 Å². The van der Waals surface area contributed by atoms with Gasteiger partial charge in [0.25, 0.3) is 0 Å². The molecule has 0 radical (unpaired) electrons. The number of hydrogen-bond donors (Lipinski definition) is 1. The number of halogens is 1. The minimum atomic E-state index is -0.286. The van der Waals surface area contributed by atoms with Gasteiger partial charge in [-0.3, -0.25) is 4.98 Å². The molecule has 5 heteroatoms. The van der Waals surface area contributed by atoms with Crippen molar-refractivity contribution >= 4 is 22.4 Å². The Hall–Kier alpha value is -2.43. The van der Waals surface area contributed by atoms with E-state index < -0.39 is 0 Å². The van der Waals surface area contributed by atoms with Crippen LogP contribution in [0.15, 0.2) is 30.7 Å². The van der Waals surface area contributed by atoms with Crippen LogP contribution in [0.25, 0.3) is 10.9 Å². The van der Waals surface area contributed by atoms with Crippen LogP contribution in [0.2, 0.25) is 0 Å². The lowest BCUT2D eigenvalue weighted by Gasteiger charge is -2.13. The molecule has 0 amide bonds. The molecule has 23 heavy (non-hydrogen) atoms. The normalized spacial score (nSPS) is 11.1. The molecule has 3 aromatic rings. The lowest BCUT2D eigenvalue weighted by Crippen LogP contribution is -2.02. The van der Waals surface area contributed by atoms with E-state index in [-0.39, 0.29) is 5.82 Å².